The van der Waals surface area contributed by atoms with Crippen LogP contribution in [0.25, 0.3) is 0 Å². The molecule has 1 unspecified atom stereocenters. The summed E-state index contributed by atoms with van der Waals surface area (Å²) in [6.07, 6.45) is 2.33. The van der Waals surface area contributed by atoms with Crippen LogP contribution in [0.2, 0.25) is 0 Å². The molecular weight excluding hydrogens is 278 g/mol. The first kappa shape index (κ1) is 16.8. The highest BCUT2D eigenvalue weighted by Crippen LogP contribution is 2.47. The van der Waals surface area contributed by atoms with Gasteiger partial charge in [0.1, 0.15) is 5.75 Å². The number of benzene rings is 1. The van der Waals surface area contributed by atoms with Crippen molar-refractivity contribution in [3.8, 4) is 5.75 Å². The highest BCUT2D eigenvalue weighted by Gasteiger charge is 2.50. The van der Waals surface area contributed by atoms with E-state index in [2.05, 4.69) is 27.7 Å². The monoisotopic (exact) mass is 305 g/mol. The number of rotatable bonds is 3. The number of hydroxylamine groups is 2. The number of hydrogen-bond acceptors (Lipinski definition) is 4. The Morgan fingerprint density at radius 2 is 1.86 bits per heavy atom. The molecule has 4 heteroatoms. The molecule has 1 fully saturated rings. The Kier molecular flexibility index (Phi) is 4.52. The summed E-state index contributed by atoms with van der Waals surface area (Å²) in [4.78, 5) is 17.5. The minimum Gasteiger partial charge on any atom is -0.508 e. The van der Waals surface area contributed by atoms with Gasteiger partial charge in [0.2, 0.25) is 0 Å². The molecule has 1 aromatic rings. The molecule has 1 aliphatic rings. The molecule has 22 heavy (non-hydrogen) atoms. The maximum absolute atomic E-state index is 11.8. The first-order valence-electron chi connectivity index (χ1n) is 7.98. The number of carbonyl (C=O) groups excluding carboxylic acids is 1. The van der Waals surface area contributed by atoms with Gasteiger partial charge in [-0.3, -0.25) is 4.79 Å². The summed E-state index contributed by atoms with van der Waals surface area (Å²) in [5.41, 5.74) is 0.654. The Bertz CT molecular complexity index is 534. The third-order valence-electron chi connectivity index (χ3n) is 4.75. The van der Waals surface area contributed by atoms with Crippen LogP contribution in [0.5, 0.6) is 5.75 Å². The third-order valence-corrected chi connectivity index (χ3v) is 4.75. The number of aromatic hydroxyl groups is 1. The predicted octanol–water partition coefficient (Wildman–Crippen LogP) is 4.00. The number of phenols is 1. The van der Waals surface area contributed by atoms with Crippen molar-refractivity contribution in [1.82, 2.24) is 5.06 Å². The Balaban J connectivity index is 2.34. The van der Waals surface area contributed by atoms with E-state index in [9.17, 15) is 9.90 Å². The molecule has 1 saturated heterocycles. The van der Waals surface area contributed by atoms with Crippen LogP contribution in [0.15, 0.2) is 24.3 Å². The Labute approximate surface area is 133 Å². The van der Waals surface area contributed by atoms with Gasteiger partial charge in [0.05, 0.1) is 11.1 Å². The van der Waals surface area contributed by atoms with E-state index in [1.54, 1.807) is 12.1 Å². The lowest BCUT2D eigenvalue weighted by Gasteiger charge is -2.54. The summed E-state index contributed by atoms with van der Waals surface area (Å²) >= 11 is 0. The molecule has 1 heterocycles. The van der Waals surface area contributed by atoms with E-state index < -0.39 is 0 Å². The summed E-state index contributed by atoms with van der Waals surface area (Å²) in [7, 11) is 0. The van der Waals surface area contributed by atoms with Crippen LogP contribution in [0, 0.1) is 0 Å². The van der Waals surface area contributed by atoms with Crippen molar-refractivity contribution in [2.75, 3.05) is 0 Å². The highest BCUT2D eigenvalue weighted by molar-refractivity contribution is 5.68. The molecule has 0 bridgehead atoms. The van der Waals surface area contributed by atoms with Crippen LogP contribution < -0.4 is 0 Å². The van der Waals surface area contributed by atoms with Gasteiger partial charge in [0, 0.05) is 12.3 Å². The number of nitrogens with zero attached hydrogens (tertiary/aromatic N) is 1. The van der Waals surface area contributed by atoms with Gasteiger partial charge in [-0.2, -0.15) is 0 Å². The average molecular weight is 305 g/mol. The van der Waals surface area contributed by atoms with Gasteiger partial charge in [-0.15, -0.1) is 5.06 Å². The molecule has 0 aromatic heterocycles. The van der Waals surface area contributed by atoms with Gasteiger partial charge in [-0.05, 0) is 58.2 Å². The highest BCUT2D eigenvalue weighted by atomic mass is 16.7. The van der Waals surface area contributed by atoms with Gasteiger partial charge in [0.25, 0.3) is 0 Å². The lowest BCUT2D eigenvalue weighted by atomic mass is 9.71. The molecule has 1 aromatic carbocycles. The molecule has 1 N–H and O–H groups in total. The van der Waals surface area contributed by atoms with Crippen molar-refractivity contribution in [3.63, 3.8) is 0 Å². The fraction of sp³-hybridized carbons (Fsp3) is 0.611. The maximum atomic E-state index is 11.8. The quantitative estimate of drug-likeness (QED) is 0.917. The molecule has 1 aliphatic heterocycles. The van der Waals surface area contributed by atoms with Crippen LogP contribution in [0.1, 0.15) is 65.4 Å². The van der Waals surface area contributed by atoms with E-state index in [1.807, 2.05) is 24.1 Å². The third kappa shape index (κ3) is 3.12. The largest absolute Gasteiger partial charge is 0.508 e. The van der Waals surface area contributed by atoms with Gasteiger partial charge in [-0.1, -0.05) is 19.1 Å². The first-order valence-corrected chi connectivity index (χ1v) is 7.98. The van der Waals surface area contributed by atoms with Crippen LogP contribution >= 0.6 is 0 Å². The average Bonchev–Trinajstić information content (AvgIpc) is 2.44. The van der Waals surface area contributed by atoms with Crippen molar-refractivity contribution in [2.24, 2.45) is 0 Å². The van der Waals surface area contributed by atoms with Crippen molar-refractivity contribution in [3.05, 3.63) is 29.8 Å². The topological polar surface area (TPSA) is 49.8 Å². The standard InChI is InChI=1S/C18H27NO3/c1-6-16(21)22-19-17(2,3)12-11-15(18(19,4)5)13-7-9-14(20)10-8-13/h7-10,15,20H,6,11-12H2,1-5H3. The van der Waals surface area contributed by atoms with Crippen LogP contribution in [0.3, 0.4) is 0 Å². The molecule has 122 valence electrons. The van der Waals surface area contributed by atoms with Crippen LogP contribution in [0.4, 0.5) is 0 Å². The van der Waals surface area contributed by atoms with Crippen molar-refractivity contribution in [2.45, 2.75) is 70.9 Å². The Hall–Kier alpha value is -1.55. The smallest absolute Gasteiger partial charge is 0.324 e. The van der Waals surface area contributed by atoms with Crippen LogP contribution in [-0.2, 0) is 9.63 Å². The molecule has 0 spiro atoms. The fourth-order valence-corrected chi connectivity index (χ4v) is 3.56. The number of carbonyl (C=O) groups is 1. The molecule has 1 atom stereocenters. The zero-order valence-corrected chi connectivity index (χ0v) is 14.2. The van der Waals surface area contributed by atoms with Gasteiger partial charge in [0.15, 0.2) is 0 Å². The summed E-state index contributed by atoms with van der Waals surface area (Å²) in [6, 6.07) is 7.35. The van der Waals surface area contributed by atoms with Gasteiger partial charge < -0.3 is 9.94 Å². The predicted molar refractivity (Wildman–Crippen MR) is 86.5 cm³/mol. The zero-order chi connectivity index (χ0) is 16.5. The Morgan fingerprint density at radius 1 is 1.27 bits per heavy atom. The number of piperidine rings is 1. The van der Waals surface area contributed by atoms with E-state index in [0.29, 0.717) is 6.42 Å². The van der Waals surface area contributed by atoms with E-state index in [0.717, 1.165) is 18.4 Å². The SMILES string of the molecule is CCC(=O)ON1C(C)(C)CCC(c2ccc(O)cc2)C1(C)C. The van der Waals surface area contributed by atoms with E-state index in [1.165, 1.54) is 0 Å². The molecule has 0 aliphatic carbocycles. The minimum absolute atomic E-state index is 0.193. The first-order chi connectivity index (χ1) is 10.2. The molecule has 4 nitrogen and oxygen atoms in total. The lowest BCUT2D eigenvalue weighted by Crippen LogP contribution is -2.61. The van der Waals surface area contributed by atoms with E-state index in [-0.39, 0.29) is 28.7 Å². The molecule has 0 amide bonds. The Morgan fingerprint density at radius 3 is 2.41 bits per heavy atom. The lowest BCUT2D eigenvalue weighted by molar-refractivity contribution is -0.270. The number of phenolic OH excluding ortho intramolecular Hbond substituents is 1. The minimum atomic E-state index is -0.316. The second kappa shape index (κ2) is 5.92. The van der Waals surface area contributed by atoms with Crippen molar-refractivity contribution >= 4 is 5.97 Å². The van der Waals surface area contributed by atoms with E-state index in [4.69, 9.17) is 4.84 Å². The second-order valence-electron chi connectivity index (χ2n) is 7.26. The fourth-order valence-electron chi connectivity index (χ4n) is 3.56. The van der Waals surface area contributed by atoms with E-state index >= 15 is 0 Å². The maximum Gasteiger partial charge on any atom is 0.324 e. The van der Waals surface area contributed by atoms with Crippen molar-refractivity contribution in [1.29, 1.82) is 0 Å². The zero-order valence-electron chi connectivity index (χ0n) is 14.2. The second-order valence-corrected chi connectivity index (χ2v) is 7.26. The van der Waals surface area contributed by atoms with Crippen molar-refractivity contribution < 1.29 is 14.7 Å². The number of hydrogen-bond donors (Lipinski definition) is 1. The summed E-state index contributed by atoms with van der Waals surface area (Å²) in [5, 5.41) is 11.4. The molecule has 0 saturated carbocycles. The molecule has 0 radical (unpaired) electrons. The molecule has 2 rings (SSSR count). The summed E-state index contributed by atoms with van der Waals surface area (Å²) < 4.78 is 0. The van der Waals surface area contributed by atoms with Gasteiger partial charge >= 0.3 is 5.97 Å². The summed E-state index contributed by atoms with van der Waals surface area (Å²) in [5.74, 6) is 0.310. The summed E-state index contributed by atoms with van der Waals surface area (Å²) in [6.45, 7) is 10.3. The van der Waals surface area contributed by atoms with Crippen LogP contribution in [-0.4, -0.2) is 27.2 Å². The molecular formula is C18H27NO3. The normalized spacial score (nSPS) is 24.0. The van der Waals surface area contributed by atoms with Gasteiger partial charge in [-0.25, -0.2) is 0 Å².